The molecule has 8 nitrogen and oxygen atoms in total. The zero-order chi connectivity index (χ0) is 14.3. The Morgan fingerprint density at radius 3 is 2.85 bits per heavy atom. The summed E-state index contributed by atoms with van der Waals surface area (Å²) in [5.74, 6) is 0.161. The Kier molecular flexibility index (Phi) is 3.28. The molecule has 3 heterocycles. The van der Waals surface area contributed by atoms with Gasteiger partial charge in [-0.1, -0.05) is 6.92 Å². The first kappa shape index (κ1) is 13.2. The van der Waals surface area contributed by atoms with Crippen LogP contribution >= 0.6 is 0 Å². The number of imidazole rings is 1. The van der Waals surface area contributed by atoms with Gasteiger partial charge in [-0.25, -0.2) is 15.0 Å². The fourth-order valence-corrected chi connectivity index (χ4v) is 2.76. The van der Waals surface area contributed by atoms with Gasteiger partial charge in [0.05, 0.1) is 19.0 Å². The summed E-state index contributed by atoms with van der Waals surface area (Å²) in [4.78, 5) is 12.2. The summed E-state index contributed by atoms with van der Waals surface area (Å²) in [5, 5.41) is 19.7. The van der Waals surface area contributed by atoms with E-state index < -0.39 is 18.4 Å². The Morgan fingerprint density at radius 2 is 2.20 bits per heavy atom. The van der Waals surface area contributed by atoms with Gasteiger partial charge in [0.2, 0.25) is 0 Å². The van der Waals surface area contributed by atoms with Crippen LogP contribution in [-0.4, -0.2) is 48.5 Å². The van der Waals surface area contributed by atoms with Crippen molar-refractivity contribution in [3.63, 3.8) is 0 Å². The highest BCUT2D eigenvalue weighted by atomic mass is 16.5. The lowest BCUT2D eigenvalue weighted by Gasteiger charge is -2.17. The van der Waals surface area contributed by atoms with Gasteiger partial charge in [0, 0.05) is 5.92 Å². The summed E-state index contributed by atoms with van der Waals surface area (Å²) in [6.45, 7) is 1.82. The number of nitrogens with zero attached hydrogens (tertiary/aromatic N) is 4. The first-order valence-corrected chi connectivity index (χ1v) is 6.54. The number of aromatic nitrogens is 4. The second-order valence-corrected chi connectivity index (χ2v) is 4.89. The molecule has 0 radical (unpaired) electrons. The first-order chi connectivity index (χ1) is 9.67. The summed E-state index contributed by atoms with van der Waals surface area (Å²) >= 11 is 0. The highest BCUT2D eigenvalue weighted by Crippen LogP contribution is 2.37. The molecular formula is C12H17N5O3. The third-order valence-electron chi connectivity index (χ3n) is 3.84. The molecule has 0 amide bonds. The van der Waals surface area contributed by atoms with Crippen LogP contribution in [-0.2, 0) is 4.74 Å². The fraction of sp³-hybridized carbons (Fsp3) is 0.583. The highest BCUT2D eigenvalue weighted by Gasteiger charge is 2.43. The van der Waals surface area contributed by atoms with Crippen molar-refractivity contribution >= 4 is 17.0 Å². The number of ether oxygens (including phenoxy) is 1. The lowest BCUT2D eigenvalue weighted by Crippen LogP contribution is -2.27. The van der Waals surface area contributed by atoms with Gasteiger partial charge in [0.1, 0.15) is 17.9 Å². The fourth-order valence-electron chi connectivity index (χ4n) is 2.76. The van der Waals surface area contributed by atoms with E-state index in [2.05, 4.69) is 15.0 Å². The van der Waals surface area contributed by atoms with Gasteiger partial charge in [0.25, 0.3) is 0 Å². The van der Waals surface area contributed by atoms with Crippen LogP contribution in [0, 0.1) is 5.92 Å². The molecule has 3 rings (SSSR count). The molecule has 0 aliphatic carbocycles. The van der Waals surface area contributed by atoms with Gasteiger partial charge >= 0.3 is 0 Å². The molecule has 20 heavy (non-hydrogen) atoms. The van der Waals surface area contributed by atoms with Crippen LogP contribution in [0.4, 0.5) is 5.82 Å². The Labute approximate surface area is 115 Å². The maximum Gasteiger partial charge on any atom is 0.167 e. The van der Waals surface area contributed by atoms with Crippen LogP contribution in [0.1, 0.15) is 19.6 Å². The van der Waals surface area contributed by atoms with E-state index in [1.807, 2.05) is 6.92 Å². The number of nitrogens with two attached hydrogens (primary N) is 1. The first-order valence-electron chi connectivity index (χ1n) is 6.54. The van der Waals surface area contributed by atoms with E-state index in [4.69, 9.17) is 10.5 Å². The van der Waals surface area contributed by atoms with Crippen LogP contribution in [0.15, 0.2) is 12.7 Å². The number of aliphatic hydroxyl groups is 2. The summed E-state index contributed by atoms with van der Waals surface area (Å²) in [7, 11) is 0. The smallest absolute Gasteiger partial charge is 0.167 e. The zero-order valence-corrected chi connectivity index (χ0v) is 11.0. The molecule has 0 spiro atoms. The van der Waals surface area contributed by atoms with Gasteiger partial charge in [-0.3, -0.25) is 4.57 Å². The monoisotopic (exact) mass is 279 g/mol. The van der Waals surface area contributed by atoms with Crippen LogP contribution < -0.4 is 5.73 Å². The van der Waals surface area contributed by atoms with Crippen molar-refractivity contribution in [3.05, 3.63) is 12.7 Å². The van der Waals surface area contributed by atoms with E-state index in [0.717, 1.165) is 0 Å². The lowest BCUT2D eigenvalue weighted by atomic mass is 9.95. The summed E-state index contributed by atoms with van der Waals surface area (Å²) < 4.78 is 7.38. The molecule has 0 saturated carbocycles. The van der Waals surface area contributed by atoms with Gasteiger partial charge in [-0.15, -0.1) is 0 Å². The van der Waals surface area contributed by atoms with E-state index >= 15 is 0 Å². The molecule has 8 heteroatoms. The molecule has 2 aromatic heterocycles. The minimum absolute atomic E-state index is 0.123. The zero-order valence-electron chi connectivity index (χ0n) is 11.0. The molecule has 4 N–H and O–H groups in total. The van der Waals surface area contributed by atoms with E-state index in [1.165, 1.54) is 12.7 Å². The largest absolute Gasteiger partial charge is 0.394 e. The number of anilines is 1. The van der Waals surface area contributed by atoms with E-state index in [1.54, 1.807) is 4.57 Å². The predicted octanol–water partition coefficient (Wildman–Crippen LogP) is -0.315. The van der Waals surface area contributed by atoms with E-state index in [0.29, 0.717) is 17.6 Å². The van der Waals surface area contributed by atoms with Crippen molar-refractivity contribution in [1.29, 1.82) is 0 Å². The SMILES string of the molecule is CC[C@@H]1[C@@H](O)[C@H](n2cnc3c(N)ncnc32)O[C@@H]1CO. The van der Waals surface area contributed by atoms with Crippen LogP contribution in [0.2, 0.25) is 0 Å². The topological polar surface area (TPSA) is 119 Å². The number of nitrogen functional groups attached to an aromatic ring is 1. The minimum atomic E-state index is -0.731. The molecule has 1 aliphatic rings. The van der Waals surface area contributed by atoms with Crippen molar-refractivity contribution in [2.24, 2.45) is 5.92 Å². The number of rotatable bonds is 3. The summed E-state index contributed by atoms with van der Waals surface area (Å²) in [6, 6.07) is 0. The van der Waals surface area contributed by atoms with Gasteiger partial charge < -0.3 is 20.7 Å². The van der Waals surface area contributed by atoms with Gasteiger partial charge in [-0.2, -0.15) is 0 Å². The van der Waals surface area contributed by atoms with Gasteiger partial charge in [0.15, 0.2) is 17.7 Å². The van der Waals surface area contributed by atoms with Crippen LogP contribution in [0.3, 0.4) is 0 Å². The van der Waals surface area contributed by atoms with Crippen LogP contribution in [0.5, 0.6) is 0 Å². The predicted molar refractivity (Wildman–Crippen MR) is 70.5 cm³/mol. The summed E-state index contributed by atoms with van der Waals surface area (Å²) in [6.07, 6.45) is 1.83. The second kappa shape index (κ2) is 4.97. The number of hydrogen-bond donors (Lipinski definition) is 3. The molecular weight excluding hydrogens is 262 g/mol. The molecule has 0 bridgehead atoms. The van der Waals surface area contributed by atoms with Gasteiger partial charge in [-0.05, 0) is 6.42 Å². The Balaban J connectivity index is 2.01. The highest BCUT2D eigenvalue weighted by molar-refractivity contribution is 5.81. The Bertz CT molecular complexity index is 616. The molecule has 1 saturated heterocycles. The molecule has 4 atom stereocenters. The standard InChI is InChI=1S/C12H17N5O3/c1-2-6-7(3-18)20-12(9(6)19)17-5-16-8-10(13)14-4-15-11(8)17/h4-7,9,12,18-19H,2-3H2,1H3,(H2,13,14,15)/t6-,7+,9+,12+/m0/s1. The number of hydrogen-bond acceptors (Lipinski definition) is 7. The van der Waals surface area contributed by atoms with Crippen LogP contribution in [0.25, 0.3) is 11.2 Å². The molecule has 1 aliphatic heterocycles. The maximum atomic E-state index is 10.4. The average molecular weight is 279 g/mol. The molecule has 2 aromatic rings. The summed E-state index contributed by atoms with van der Waals surface area (Å²) in [5.41, 5.74) is 6.72. The van der Waals surface area contributed by atoms with E-state index in [9.17, 15) is 10.2 Å². The Morgan fingerprint density at radius 1 is 1.40 bits per heavy atom. The normalized spacial score (nSPS) is 30.1. The second-order valence-electron chi connectivity index (χ2n) is 4.89. The molecule has 0 aromatic carbocycles. The molecule has 108 valence electrons. The number of fused-ring (bicyclic) bond motifs is 1. The minimum Gasteiger partial charge on any atom is -0.394 e. The Hall–Kier alpha value is -1.77. The molecule has 0 unspecified atom stereocenters. The number of aliphatic hydroxyl groups excluding tert-OH is 2. The van der Waals surface area contributed by atoms with E-state index in [-0.39, 0.29) is 18.3 Å². The van der Waals surface area contributed by atoms with Crippen molar-refractivity contribution in [2.75, 3.05) is 12.3 Å². The maximum absolute atomic E-state index is 10.4. The van der Waals surface area contributed by atoms with Crippen molar-refractivity contribution in [3.8, 4) is 0 Å². The third-order valence-corrected chi connectivity index (χ3v) is 3.84. The quantitative estimate of drug-likeness (QED) is 0.704. The van der Waals surface area contributed by atoms with Crippen molar-refractivity contribution in [1.82, 2.24) is 19.5 Å². The molecule has 1 fully saturated rings. The van der Waals surface area contributed by atoms with Crippen molar-refractivity contribution in [2.45, 2.75) is 31.8 Å². The van der Waals surface area contributed by atoms with Crippen molar-refractivity contribution < 1.29 is 14.9 Å². The third kappa shape index (κ3) is 1.84. The lowest BCUT2D eigenvalue weighted by molar-refractivity contribution is -0.0493. The average Bonchev–Trinajstić information content (AvgIpc) is 3.00.